The highest BCUT2D eigenvalue weighted by Gasteiger charge is 2.20. The molecular formula is C26H27NO3. The molecule has 4 rings (SSSR count). The van der Waals surface area contributed by atoms with Crippen LogP contribution in [0.5, 0.6) is 11.5 Å². The zero-order chi connectivity index (χ0) is 20.8. The van der Waals surface area contributed by atoms with Crippen molar-refractivity contribution in [2.24, 2.45) is 0 Å². The molecule has 1 atom stereocenters. The Labute approximate surface area is 178 Å². The fourth-order valence-corrected chi connectivity index (χ4v) is 3.63. The number of carbonyl (C=O) groups excluding carboxylic acids is 1. The maximum absolute atomic E-state index is 12.6. The minimum Gasteiger partial charge on any atom is -0.489 e. The van der Waals surface area contributed by atoms with Crippen molar-refractivity contribution in [3.05, 3.63) is 95.6 Å². The lowest BCUT2D eigenvalue weighted by Crippen LogP contribution is -2.21. The molecule has 154 valence electrons. The van der Waals surface area contributed by atoms with Gasteiger partial charge in [0.15, 0.2) is 5.78 Å². The number of ketones is 1. The Kier molecular flexibility index (Phi) is 6.45. The van der Waals surface area contributed by atoms with Gasteiger partial charge in [-0.15, -0.1) is 0 Å². The molecule has 0 spiro atoms. The molecule has 0 amide bonds. The van der Waals surface area contributed by atoms with Gasteiger partial charge in [0.25, 0.3) is 0 Å². The highest BCUT2D eigenvalue weighted by molar-refractivity contribution is 5.97. The predicted molar refractivity (Wildman–Crippen MR) is 118 cm³/mol. The van der Waals surface area contributed by atoms with E-state index in [-0.39, 0.29) is 11.9 Å². The Bertz CT molecular complexity index is 952. The van der Waals surface area contributed by atoms with Gasteiger partial charge in [0.05, 0.1) is 0 Å². The Hall–Kier alpha value is -3.11. The lowest BCUT2D eigenvalue weighted by molar-refractivity contribution is 0.0993. The highest BCUT2D eigenvalue weighted by Crippen LogP contribution is 2.20. The SMILES string of the molecule is CN1CC[C@H](Oc2ccc(C(=O)Cc3ccc(OCc4ccccc4)cc3)cc2)C1. The lowest BCUT2D eigenvalue weighted by atomic mass is 10.0. The summed E-state index contributed by atoms with van der Waals surface area (Å²) in [5.74, 6) is 1.72. The van der Waals surface area contributed by atoms with Gasteiger partial charge in [-0.3, -0.25) is 4.79 Å². The first-order chi connectivity index (χ1) is 14.7. The predicted octanol–water partition coefficient (Wildman–Crippen LogP) is 4.77. The second-order valence-electron chi connectivity index (χ2n) is 7.83. The second-order valence-corrected chi connectivity index (χ2v) is 7.83. The van der Waals surface area contributed by atoms with Gasteiger partial charge in [-0.2, -0.15) is 0 Å². The Morgan fingerprint density at radius 2 is 1.60 bits per heavy atom. The molecule has 0 aromatic heterocycles. The van der Waals surface area contributed by atoms with Gasteiger partial charge in [0.1, 0.15) is 24.2 Å². The van der Waals surface area contributed by atoms with Crippen LogP contribution in [0, 0.1) is 0 Å². The quantitative estimate of drug-likeness (QED) is 0.510. The average molecular weight is 402 g/mol. The van der Waals surface area contributed by atoms with Crippen LogP contribution in [-0.2, 0) is 13.0 Å². The summed E-state index contributed by atoms with van der Waals surface area (Å²) in [6, 6.07) is 25.3. The zero-order valence-electron chi connectivity index (χ0n) is 17.3. The first-order valence-electron chi connectivity index (χ1n) is 10.4. The normalized spacial score (nSPS) is 16.4. The van der Waals surface area contributed by atoms with E-state index in [9.17, 15) is 4.79 Å². The van der Waals surface area contributed by atoms with Gasteiger partial charge in [-0.05, 0) is 61.0 Å². The van der Waals surface area contributed by atoms with E-state index < -0.39 is 0 Å². The first kappa shape index (κ1) is 20.2. The number of rotatable bonds is 8. The molecule has 0 unspecified atom stereocenters. The van der Waals surface area contributed by atoms with Gasteiger partial charge < -0.3 is 14.4 Å². The molecule has 1 aliphatic rings. The van der Waals surface area contributed by atoms with Crippen LogP contribution in [-0.4, -0.2) is 36.9 Å². The number of carbonyl (C=O) groups is 1. The number of likely N-dealkylation sites (N-methyl/N-ethyl adjacent to an activating group) is 1. The van der Waals surface area contributed by atoms with Crippen molar-refractivity contribution in [3.8, 4) is 11.5 Å². The van der Waals surface area contributed by atoms with Crippen LogP contribution in [0.4, 0.5) is 0 Å². The molecule has 1 heterocycles. The minimum atomic E-state index is 0.0973. The molecule has 1 fully saturated rings. The van der Waals surface area contributed by atoms with Crippen molar-refractivity contribution < 1.29 is 14.3 Å². The summed E-state index contributed by atoms with van der Waals surface area (Å²) in [5.41, 5.74) is 2.81. The smallest absolute Gasteiger partial charge is 0.167 e. The number of hydrogen-bond donors (Lipinski definition) is 0. The topological polar surface area (TPSA) is 38.8 Å². The summed E-state index contributed by atoms with van der Waals surface area (Å²) < 4.78 is 11.8. The molecule has 3 aromatic rings. The van der Waals surface area contributed by atoms with E-state index in [1.54, 1.807) is 0 Å². The van der Waals surface area contributed by atoms with Crippen molar-refractivity contribution in [1.82, 2.24) is 4.90 Å². The van der Waals surface area contributed by atoms with Crippen LogP contribution in [0.15, 0.2) is 78.9 Å². The highest BCUT2D eigenvalue weighted by atomic mass is 16.5. The summed E-state index contributed by atoms with van der Waals surface area (Å²) in [5, 5.41) is 0. The molecule has 4 nitrogen and oxygen atoms in total. The van der Waals surface area contributed by atoms with E-state index in [4.69, 9.17) is 9.47 Å². The van der Waals surface area contributed by atoms with Crippen LogP contribution >= 0.6 is 0 Å². The third kappa shape index (κ3) is 5.49. The van der Waals surface area contributed by atoms with Crippen molar-refractivity contribution in [2.75, 3.05) is 20.1 Å². The number of benzene rings is 3. The number of Topliss-reactive ketones (excluding diaryl/α,β-unsaturated/α-hetero) is 1. The third-order valence-electron chi connectivity index (χ3n) is 5.36. The Morgan fingerprint density at radius 3 is 2.27 bits per heavy atom. The van der Waals surface area contributed by atoms with Crippen molar-refractivity contribution in [3.63, 3.8) is 0 Å². The molecule has 0 aliphatic carbocycles. The van der Waals surface area contributed by atoms with E-state index >= 15 is 0 Å². The maximum atomic E-state index is 12.6. The van der Waals surface area contributed by atoms with Gasteiger partial charge in [-0.25, -0.2) is 0 Å². The summed E-state index contributed by atoms with van der Waals surface area (Å²) in [7, 11) is 2.10. The van der Waals surface area contributed by atoms with Crippen LogP contribution in [0.25, 0.3) is 0 Å². The van der Waals surface area contributed by atoms with E-state index in [1.165, 1.54) is 0 Å². The van der Waals surface area contributed by atoms with E-state index in [0.717, 1.165) is 42.1 Å². The summed E-state index contributed by atoms with van der Waals surface area (Å²) in [6.07, 6.45) is 1.65. The number of ether oxygens (including phenoxy) is 2. The summed E-state index contributed by atoms with van der Waals surface area (Å²) >= 11 is 0. The van der Waals surface area contributed by atoms with Crippen molar-refractivity contribution in [2.45, 2.75) is 25.6 Å². The van der Waals surface area contributed by atoms with Crippen LogP contribution in [0.1, 0.15) is 27.9 Å². The number of nitrogens with zero attached hydrogens (tertiary/aromatic N) is 1. The van der Waals surface area contributed by atoms with Crippen LogP contribution < -0.4 is 9.47 Å². The van der Waals surface area contributed by atoms with E-state index in [1.807, 2.05) is 78.9 Å². The summed E-state index contributed by atoms with van der Waals surface area (Å²) in [6.45, 7) is 2.55. The fraction of sp³-hybridized carbons (Fsp3) is 0.269. The number of likely N-dealkylation sites (tertiary alicyclic amines) is 1. The minimum absolute atomic E-state index is 0.0973. The molecule has 0 bridgehead atoms. The molecule has 3 aromatic carbocycles. The van der Waals surface area contributed by atoms with Crippen LogP contribution in [0.3, 0.4) is 0 Å². The van der Waals surface area contributed by atoms with Crippen molar-refractivity contribution >= 4 is 5.78 Å². The lowest BCUT2D eigenvalue weighted by Gasteiger charge is -2.14. The van der Waals surface area contributed by atoms with E-state index in [2.05, 4.69) is 11.9 Å². The molecule has 0 saturated carbocycles. The maximum Gasteiger partial charge on any atom is 0.167 e. The standard InChI is InChI=1S/C26H27NO3/c1-27-16-15-25(18-27)30-24-13-9-22(10-14-24)26(28)17-20-7-11-23(12-8-20)29-19-21-5-3-2-4-6-21/h2-14,25H,15-19H2,1H3/t25-/m0/s1. The average Bonchev–Trinajstić information content (AvgIpc) is 3.19. The first-order valence-corrected chi connectivity index (χ1v) is 10.4. The molecule has 30 heavy (non-hydrogen) atoms. The Morgan fingerprint density at radius 1 is 0.900 bits per heavy atom. The Balaban J connectivity index is 1.29. The van der Waals surface area contributed by atoms with Crippen molar-refractivity contribution in [1.29, 1.82) is 0 Å². The monoisotopic (exact) mass is 401 g/mol. The van der Waals surface area contributed by atoms with Crippen LogP contribution in [0.2, 0.25) is 0 Å². The largest absolute Gasteiger partial charge is 0.489 e. The van der Waals surface area contributed by atoms with Gasteiger partial charge in [0.2, 0.25) is 0 Å². The fourth-order valence-electron chi connectivity index (χ4n) is 3.63. The molecule has 4 heteroatoms. The second kappa shape index (κ2) is 9.59. The van der Waals surface area contributed by atoms with Gasteiger partial charge in [0, 0.05) is 25.1 Å². The molecule has 1 saturated heterocycles. The molecule has 1 aliphatic heterocycles. The van der Waals surface area contributed by atoms with Gasteiger partial charge in [-0.1, -0.05) is 42.5 Å². The zero-order valence-corrected chi connectivity index (χ0v) is 17.3. The molecule has 0 N–H and O–H groups in total. The third-order valence-corrected chi connectivity index (χ3v) is 5.36. The molecular weight excluding hydrogens is 374 g/mol. The van der Waals surface area contributed by atoms with Gasteiger partial charge >= 0.3 is 0 Å². The molecule has 0 radical (unpaired) electrons. The summed E-state index contributed by atoms with van der Waals surface area (Å²) in [4.78, 5) is 14.9. The number of hydrogen-bond acceptors (Lipinski definition) is 4. The van der Waals surface area contributed by atoms with E-state index in [0.29, 0.717) is 18.6 Å².